The highest BCUT2D eigenvalue weighted by molar-refractivity contribution is 5.69. The average Bonchev–Trinajstić information content (AvgIpc) is 2.14. The molecule has 1 N–H and O–H groups in total. The Balaban J connectivity index is 3.40. The lowest BCUT2D eigenvalue weighted by atomic mass is 10.1. The van der Waals surface area contributed by atoms with E-state index in [2.05, 4.69) is 33.0 Å². The van der Waals surface area contributed by atoms with E-state index < -0.39 is 0 Å². The third-order valence-corrected chi connectivity index (χ3v) is 2.19. The maximum atomic E-state index is 11.3. The van der Waals surface area contributed by atoms with Crippen molar-refractivity contribution in [1.29, 1.82) is 0 Å². The minimum atomic E-state index is -0.0916. The van der Waals surface area contributed by atoms with Gasteiger partial charge in [-0.25, -0.2) is 0 Å². The zero-order chi connectivity index (χ0) is 11.7. The van der Waals surface area contributed by atoms with Crippen LogP contribution in [0.1, 0.15) is 47.0 Å². The van der Waals surface area contributed by atoms with E-state index in [9.17, 15) is 4.79 Å². The van der Waals surface area contributed by atoms with Crippen LogP contribution in [0.15, 0.2) is 0 Å². The molecule has 1 atom stereocenters. The van der Waals surface area contributed by atoms with Gasteiger partial charge in [0.25, 0.3) is 0 Å². The van der Waals surface area contributed by atoms with Crippen molar-refractivity contribution >= 4 is 5.97 Å². The van der Waals surface area contributed by atoms with Crippen LogP contribution in [0.4, 0.5) is 0 Å². The van der Waals surface area contributed by atoms with E-state index in [1.807, 2.05) is 0 Å². The summed E-state index contributed by atoms with van der Waals surface area (Å²) in [7, 11) is 0. The Morgan fingerprint density at radius 2 is 2.00 bits per heavy atom. The summed E-state index contributed by atoms with van der Waals surface area (Å²) >= 11 is 0. The predicted octanol–water partition coefficient (Wildman–Crippen LogP) is 2.35. The summed E-state index contributed by atoms with van der Waals surface area (Å²) in [6, 6.07) is 0.428. The van der Waals surface area contributed by atoms with Gasteiger partial charge in [-0.1, -0.05) is 34.1 Å². The molecule has 0 aromatic rings. The first-order valence-electron chi connectivity index (χ1n) is 5.95. The van der Waals surface area contributed by atoms with Crippen LogP contribution < -0.4 is 5.32 Å². The summed E-state index contributed by atoms with van der Waals surface area (Å²) in [6.07, 6.45) is 2.74. The second kappa shape index (κ2) is 8.72. The van der Waals surface area contributed by atoms with Crippen LogP contribution in [-0.4, -0.2) is 25.2 Å². The lowest BCUT2D eigenvalue weighted by Gasteiger charge is -2.11. The number of hydrogen-bond donors (Lipinski definition) is 1. The van der Waals surface area contributed by atoms with Gasteiger partial charge in [0.2, 0.25) is 0 Å². The molecule has 15 heavy (non-hydrogen) atoms. The van der Waals surface area contributed by atoms with Gasteiger partial charge in [-0.2, -0.15) is 0 Å². The second-order valence-corrected chi connectivity index (χ2v) is 4.44. The number of esters is 1. The van der Waals surface area contributed by atoms with Gasteiger partial charge in [0.05, 0.1) is 13.0 Å². The van der Waals surface area contributed by atoms with E-state index in [0.29, 0.717) is 31.5 Å². The summed E-state index contributed by atoms with van der Waals surface area (Å²) in [6.45, 7) is 9.66. The molecule has 0 aliphatic carbocycles. The summed E-state index contributed by atoms with van der Waals surface area (Å²) < 4.78 is 5.16. The van der Waals surface area contributed by atoms with Gasteiger partial charge in [0, 0.05) is 12.6 Å². The molecule has 0 bridgehead atoms. The minimum Gasteiger partial charge on any atom is -0.465 e. The number of ether oxygens (including phenoxy) is 1. The van der Waals surface area contributed by atoms with Crippen molar-refractivity contribution in [3.63, 3.8) is 0 Å². The smallest absolute Gasteiger partial charge is 0.307 e. The van der Waals surface area contributed by atoms with Crippen molar-refractivity contribution in [2.45, 2.75) is 53.0 Å². The molecule has 0 heterocycles. The zero-order valence-corrected chi connectivity index (χ0v) is 10.5. The van der Waals surface area contributed by atoms with Crippen LogP contribution in [-0.2, 0) is 9.53 Å². The molecule has 0 aromatic heterocycles. The quantitative estimate of drug-likeness (QED) is 0.632. The highest BCUT2D eigenvalue weighted by Crippen LogP contribution is 2.05. The van der Waals surface area contributed by atoms with Crippen molar-refractivity contribution in [1.82, 2.24) is 5.32 Å². The third kappa shape index (κ3) is 9.73. The van der Waals surface area contributed by atoms with Gasteiger partial charge in [-0.05, 0) is 12.3 Å². The predicted molar refractivity (Wildman–Crippen MR) is 62.8 cm³/mol. The highest BCUT2D eigenvalue weighted by atomic mass is 16.5. The van der Waals surface area contributed by atoms with E-state index >= 15 is 0 Å². The summed E-state index contributed by atoms with van der Waals surface area (Å²) in [5.74, 6) is 0.392. The van der Waals surface area contributed by atoms with Crippen LogP contribution in [0.3, 0.4) is 0 Å². The van der Waals surface area contributed by atoms with Gasteiger partial charge < -0.3 is 10.1 Å². The fourth-order valence-corrected chi connectivity index (χ4v) is 1.35. The molecule has 0 aliphatic rings. The summed E-state index contributed by atoms with van der Waals surface area (Å²) in [4.78, 5) is 11.3. The lowest BCUT2D eigenvalue weighted by Crippen LogP contribution is -2.26. The van der Waals surface area contributed by atoms with Gasteiger partial charge in [-0.3, -0.25) is 4.79 Å². The average molecular weight is 215 g/mol. The molecule has 3 heteroatoms. The molecule has 90 valence electrons. The first-order valence-corrected chi connectivity index (χ1v) is 5.95. The molecule has 0 amide bonds. The molecular weight excluding hydrogens is 190 g/mol. The molecule has 0 radical (unpaired) electrons. The fraction of sp³-hybridized carbons (Fsp3) is 0.917. The fourth-order valence-electron chi connectivity index (χ4n) is 1.35. The molecule has 0 saturated heterocycles. The van der Waals surface area contributed by atoms with E-state index in [0.717, 1.165) is 12.8 Å². The van der Waals surface area contributed by atoms with Crippen molar-refractivity contribution in [2.75, 3.05) is 13.2 Å². The zero-order valence-electron chi connectivity index (χ0n) is 10.5. The Labute approximate surface area is 93.6 Å². The van der Waals surface area contributed by atoms with E-state index in [1.165, 1.54) is 0 Å². The van der Waals surface area contributed by atoms with Crippen molar-refractivity contribution < 1.29 is 9.53 Å². The van der Waals surface area contributed by atoms with Crippen molar-refractivity contribution in [3.8, 4) is 0 Å². The van der Waals surface area contributed by atoms with Crippen LogP contribution >= 0.6 is 0 Å². The molecule has 0 aliphatic heterocycles. The normalized spacial score (nSPS) is 12.9. The summed E-state index contributed by atoms with van der Waals surface area (Å²) in [5, 5.41) is 3.19. The Kier molecular flexibility index (Phi) is 8.38. The minimum absolute atomic E-state index is 0.0916. The second-order valence-electron chi connectivity index (χ2n) is 4.44. The van der Waals surface area contributed by atoms with Gasteiger partial charge in [0.15, 0.2) is 0 Å². The van der Waals surface area contributed by atoms with Crippen LogP contribution in [0.25, 0.3) is 0 Å². The van der Waals surface area contributed by atoms with E-state index in [-0.39, 0.29) is 5.97 Å². The highest BCUT2D eigenvalue weighted by Gasteiger charge is 2.06. The topological polar surface area (TPSA) is 38.3 Å². The van der Waals surface area contributed by atoms with E-state index in [4.69, 9.17) is 4.74 Å². The SMILES string of the molecule is CCCC(C)COC(=O)CCNC(C)C. The first kappa shape index (κ1) is 14.4. The maximum Gasteiger partial charge on any atom is 0.307 e. The van der Waals surface area contributed by atoms with Gasteiger partial charge in [-0.15, -0.1) is 0 Å². The number of carbonyl (C=O) groups excluding carboxylic acids is 1. The molecule has 0 spiro atoms. The summed E-state index contributed by atoms with van der Waals surface area (Å²) in [5.41, 5.74) is 0. The molecule has 0 fully saturated rings. The molecule has 0 rings (SSSR count). The molecule has 1 unspecified atom stereocenters. The monoisotopic (exact) mass is 215 g/mol. The molecule has 0 aromatic carbocycles. The number of hydrogen-bond acceptors (Lipinski definition) is 3. The van der Waals surface area contributed by atoms with Crippen LogP contribution in [0, 0.1) is 5.92 Å². The van der Waals surface area contributed by atoms with Crippen molar-refractivity contribution in [2.24, 2.45) is 5.92 Å². The largest absolute Gasteiger partial charge is 0.465 e. The maximum absolute atomic E-state index is 11.3. The number of rotatable bonds is 8. The van der Waals surface area contributed by atoms with Crippen molar-refractivity contribution in [3.05, 3.63) is 0 Å². The van der Waals surface area contributed by atoms with Crippen LogP contribution in [0.2, 0.25) is 0 Å². The van der Waals surface area contributed by atoms with Gasteiger partial charge in [0.1, 0.15) is 0 Å². The molecule has 0 saturated carbocycles. The lowest BCUT2D eigenvalue weighted by molar-refractivity contribution is -0.144. The van der Waals surface area contributed by atoms with Crippen LogP contribution in [0.5, 0.6) is 0 Å². The number of nitrogens with one attached hydrogen (secondary N) is 1. The van der Waals surface area contributed by atoms with Gasteiger partial charge >= 0.3 is 5.97 Å². The molecule has 3 nitrogen and oxygen atoms in total. The first-order chi connectivity index (χ1) is 7.06. The molecular formula is C12H25NO2. The Morgan fingerprint density at radius 1 is 1.33 bits per heavy atom. The third-order valence-electron chi connectivity index (χ3n) is 2.19. The Bertz CT molecular complexity index is 169. The Morgan fingerprint density at radius 3 is 2.53 bits per heavy atom. The number of carbonyl (C=O) groups is 1. The standard InChI is InChI=1S/C12H25NO2/c1-5-6-11(4)9-15-12(14)7-8-13-10(2)3/h10-11,13H,5-9H2,1-4H3. The van der Waals surface area contributed by atoms with E-state index in [1.54, 1.807) is 0 Å². The Hall–Kier alpha value is -0.570.